The van der Waals surface area contributed by atoms with Gasteiger partial charge >= 0.3 is 5.97 Å². The minimum Gasteiger partial charge on any atom is -0.505 e. The van der Waals surface area contributed by atoms with Crippen LogP contribution in [0.25, 0.3) is 0 Å². The molecule has 0 aliphatic carbocycles. The van der Waals surface area contributed by atoms with E-state index in [1.165, 1.54) is 18.2 Å². The van der Waals surface area contributed by atoms with Gasteiger partial charge in [-0.3, -0.25) is 9.59 Å². The maximum atomic E-state index is 12.3. The third-order valence-electron chi connectivity index (χ3n) is 5.33. The summed E-state index contributed by atoms with van der Waals surface area (Å²) in [7, 11) is 0. The quantitative estimate of drug-likeness (QED) is 0.340. The molecule has 1 fully saturated rings. The smallest absolute Gasteiger partial charge is 0.339 e. The molecule has 3 aromatic rings. The molecule has 2 aromatic carbocycles. The molecule has 0 bridgehead atoms. The number of hydrogen-bond acceptors (Lipinski definition) is 8. The predicted molar refractivity (Wildman–Crippen MR) is 108 cm³/mol. The molecule has 4 rings (SSSR count). The van der Waals surface area contributed by atoms with Gasteiger partial charge in [-0.25, -0.2) is 4.79 Å². The molecule has 0 saturated carbocycles. The van der Waals surface area contributed by atoms with Gasteiger partial charge in [0.2, 0.25) is 0 Å². The van der Waals surface area contributed by atoms with Crippen LogP contribution in [-0.2, 0) is 4.74 Å². The van der Waals surface area contributed by atoms with Crippen LogP contribution in [0.15, 0.2) is 44.3 Å². The van der Waals surface area contributed by atoms with Crippen LogP contribution >= 0.6 is 0 Å². The first-order valence-corrected chi connectivity index (χ1v) is 9.27. The molecular weight excluding hydrogens is 392 g/mol. The fraction of sp³-hybridized carbons (Fsp3) is 0.286. The molecule has 9 heteroatoms. The number of carboxylic acids is 1. The fourth-order valence-electron chi connectivity index (χ4n) is 3.53. The maximum absolute atomic E-state index is 12.3. The van der Waals surface area contributed by atoms with Crippen molar-refractivity contribution in [1.29, 1.82) is 0 Å². The van der Waals surface area contributed by atoms with Crippen molar-refractivity contribution in [2.75, 3.05) is 23.8 Å². The van der Waals surface area contributed by atoms with Crippen LogP contribution in [0.5, 0.6) is 5.75 Å². The lowest BCUT2D eigenvalue weighted by atomic mass is 9.79. The largest absolute Gasteiger partial charge is 0.505 e. The zero-order valence-electron chi connectivity index (χ0n) is 16.3. The number of anilines is 3. The average Bonchev–Trinajstić information content (AvgIpc) is 3.12. The molecule has 9 nitrogen and oxygen atoms in total. The van der Waals surface area contributed by atoms with E-state index in [2.05, 4.69) is 10.6 Å². The van der Waals surface area contributed by atoms with E-state index in [-0.39, 0.29) is 28.0 Å². The number of aromatic hydroxyl groups is 1. The van der Waals surface area contributed by atoms with Crippen LogP contribution < -0.4 is 21.5 Å². The number of carboxylic acid groups (broad SMARTS) is 1. The lowest BCUT2D eigenvalue weighted by Crippen LogP contribution is -2.49. The monoisotopic (exact) mass is 412 g/mol. The van der Waals surface area contributed by atoms with Gasteiger partial charge in [-0.15, -0.1) is 0 Å². The highest BCUT2D eigenvalue weighted by Gasteiger charge is 2.45. The zero-order valence-corrected chi connectivity index (χ0v) is 16.3. The van der Waals surface area contributed by atoms with Crippen LogP contribution in [-0.4, -0.2) is 29.4 Å². The Hall–Kier alpha value is -3.59. The molecule has 1 aliphatic heterocycles. The Bertz CT molecular complexity index is 1200. The molecule has 156 valence electrons. The van der Waals surface area contributed by atoms with Gasteiger partial charge in [-0.2, -0.15) is 0 Å². The summed E-state index contributed by atoms with van der Waals surface area (Å²) in [5, 5.41) is 25.1. The molecule has 2 heterocycles. The van der Waals surface area contributed by atoms with Crippen molar-refractivity contribution in [3.8, 4) is 5.75 Å². The van der Waals surface area contributed by atoms with Crippen LogP contribution in [0.1, 0.15) is 34.8 Å². The fourth-order valence-corrected chi connectivity index (χ4v) is 3.53. The Morgan fingerprint density at radius 1 is 1.13 bits per heavy atom. The van der Waals surface area contributed by atoms with Gasteiger partial charge in [0.05, 0.1) is 24.9 Å². The van der Waals surface area contributed by atoms with E-state index in [1.54, 1.807) is 6.07 Å². The molecule has 1 unspecified atom stereocenters. The summed E-state index contributed by atoms with van der Waals surface area (Å²) < 4.78 is 11.1. The summed E-state index contributed by atoms with van der Waals surface area (Å²) in [6, 6.07) is 7.25. The van der Waals surface area contributed by atoms with E-state index in [0.29, 0.717) is 24.7 Å². The van der Waals surface area contributed by atoms with Gasteiger partial charge in [0, 0.05) is 5.41 Å². The number of carbonyl (C=O) groups is 1. The third-order valence-corrected chi connectivity index (χ3v) is 5.33. The molecule has 1 atom stereocenters. The van der Waals surface area contributed by atoms with E-state index >= 15 is 0 Å². The minimum absolute atomic E-state index is 0.00799. The van der Waals surface area contributed by atoms with Crippen molar-refractivity contribution in [1.82, 2.24) is 0 Å². The van der Waals surface area contributed by atoms with Crippen LogP contribution in [0.2, 0.25) is 0 Å². The number of hydrogen-bond donors (Lipinski definition) is 4. The number of nitrogens with one attached hydrogen (secondary N) is 2. The minimum atomic E-state index is -1.31. The molecule has 30 heavy (non-hydrogen) atoms. The van der Waals surface area contributed by atoms with Crippen LogP contribution in [0.3, 0.4) is 0 Å². The molecule has 0 radical (unpaired) electrons. The number of aromatic carboxylic acids is 1. The van der Waals surface area contributed by atoms with Gasteiger partial charge < -0.3 is 30.0 Å². The number of aryl methyl sites for hydroxylation is 1. The summed E-state index contributed by atoms with van der Waals surface area (Å²) >= 11 is 0. The summed E-state index contributed by atoms with van der Waals surface area (Å²) in [5.74, 6) is -0.528. The summed E-state index contributed by atoms with van der Waals surface area (Å²) in [4.78, 5) is 35.7. The highest BCUT2D eigenvalue weighted by molar-refractivity contribution is 5.94. The Kier molecular flexibility index (Phi) is 4.62. The van der Waals surface area contributed by atoms with Crippen molar-refractivity contribution in [2.45, 2.75) is 19.9 Å². The second kappa shape index (κ2) is 7.03. The summed E-state index contributed by atoms with van der Waals surface area (Å²) in [6.07, 6.45) is 0. The lowest BCUT2D eigenvalue weighted by molar-refractivity contribution is -0.115. The zero-order chi connectivity index (χ0) is 21.6. The van der Waals surface area contributed by atoms with Crippen molar-refractivity contribution in [2.24, 2.45) is 5.41 Å². The molecule has 1 aromatic heterocycles. The van der Waals surface area contributed by atoms with Crippen molar-refractivity contribution >= 4 is 23.0 Å². The van der Waals surface area contributed by atoms with Gasteiger partial charge in [0.1, 0.15) is 28.5 Å². The predicted octanol–water partition coefficient (Wildman–Crippen LogP) is 2.52. The van der Waals surface area contributed by atoms with E-state index in [0.717, 1.165) is 0 Å². The Morgan fingerprint density at radius 2 is 1.83 bits per heavy atom. The standard InChI is InChI=1S/C21H20N2O7/c1-10-6-7-13(30-10)19(21(2)8-29-9-21)23-15-14(17(25)18(15)26)22-12-5-3-4-11(16(12)24)20(27)28/h3-7,19,22-24H,8-9H2,1-2H3,(H,27,28). The number of ether oxygens (including phenoxy) is 1. The first-order chi connectivity index (χ1) is 14.2. The first-order valence-electron chi connectivity index (χ1n) is 9.27. The normalized spacial score (nSPS) is 16.1. The number of para-hydroxylation sites is 1. The second-order valence-corrected chi connectivity index (χ2v) is 7.71. The first kappa shape index (κ1) is 19.7. The topological polar surface area (TPSA) is 138 Å². The highest BCUT2D eigenvalue weighted by Crippen LogP contribution is 2.43. The molecule has 0 spiro atoms. The Labute approximate surface area is 170 Å². The van der Waals surface area contributed by atoms with Crippen LogP contribution in [0.4, 0.5) is 17.1 Å². The third kappa shape index (κ3) is 3.13. The summed E-state index contributed by atoms with van der Waals surface area (Å²) in [6.45, 7) is 4.68. The number of phenols is 1. The van der Waals surface area contributed by atoms with Gasteiger partial charge in [0.15, 0.2) is 5.75 Å². The van der Waals surface area contributed by atoms with Crippen LogP contribution in [0, 0.1) is 12.3 Å². The van der Waals surface area contributed by atoms with Crippen molar-refractivity contribution in [3.05, 3.63) is 67.9 Å². The SMILES string of the molecule is Cc1ccc(C(Nc2c(Nc3cccc(C(=O)O)c3O)c(=O)c2=O)C2(C)COC2)o1. The molecular formula is C21H20N2O7. The van der Waals surface area contributed by atoms with Gasteiger partial charge in [-0.05, 0) is 31.2 Å². The van der Waals surface area contributed by atoms with E-state index < -0.39 is 28.6 Å². The second-order valence-electron chi connectivity index (χ2n) is 7.71. The van der Waals surface area contributed by atoms with E-state index in [4.69, 9.17) is 14.3 Å². The Morgan fingerprint density at radius 3 is 2.40 bits per heavy atom. The molecule has 1 aliphatic rings. The summed E-state index contributed by atoms with van der Waals surface area (Å²) in [5.41, 5.74) is -2.13. The number of furan rings is 1. The van der Waals surface area contributed by atoms with E-state index in [9.17, 15) is 19.5 Å². The molecule has 4 N–H and O–H groups in total. The number of rotatable bonds is 7. The average molecular weight is 412 g/mol. The maximum Gasteiger partial charge on any atom is 0.339 e. The molecule has 0 amide bonds. The highest BCUT2D eigenvalue weighted by atomic mass is 16.5. The van der Waals surface area contributed by atoms with Crippen molar-refractivity contribution in [3.63, 3.8) is 0 Å². The van der Waals surface area contributed by atoms with Gasteiger partial charge in [0.25, 0.3) is 10.9 Å². The molecule has 1 saturated heterocycles. The van der Waals surface area contributed by atoms with Gasteiger partial charge in [-0.1, -0.05) is 13.0 Å². The lowest BCUT2D eigenvalue weighted by Gasteiger charge is -2.44. The van der Waals surface area contributed by atoms with Crippen molar-refractivity contribution < 1.29 is 24.2 Å². The number of benzene rings is 1. The van der Waals surface area contributed by atoms with E-state index in [1.807, 2.05) is 19.9 Å². The Balaban J connectivity index is 1.68.